The second-order valence-electron chi connectivity index (χ2n) is 17.7. The summed E-state index contributed by atoms with van der Waals surface area (Å²) in [5.74, 6) is -7.30. The van der Waals surface area contributed by atoms with Gasteiger partial charge in [-0.15, -0.1) is 0 Å². The zero-order valence-electron chi connectivity index (χ0n) is 34.3. The molecule has 18 heteroatoms. The van der Waals surface area contributed by atoms with Gasteiger partial charge in [0, 0.05) is 85.7 Å². The summed E-state index contributed by atoms with van der Waals surface area (Å²) >= 11 is 0. The molecule has 0 spiro atoms. The smallest absolute Gasteiger partial charge is 0.275 e. The number of alkyl halides is 2. The number of fused-ring (bicyclic) bond motifs is 2. The van der Waals surface area contributed by atoms with Crippen LogP contribution in [0.25, 0.3) is 16.4 Å². The maximum Gasteiger partial charge on any atom is 0.275 e. The van der Waals surface area contributed by atoms with Gasteiger partial charge in [0.1, 0.15) is 23.4 Å². The van der Waals surface area contributed by atoms with E-state index in [0.29, 0.717) is 92.1 Å². The third-order valence-electron chi connectivity index (χ3n) is 12.9. The van der Waals surface area contributed by atoms with Crippen molar-refractivity contribution in [2.45, 2.75) is 75.5 Å². The van der Waals surface area contributed by atoms with Gasteiger partial charge >= 0.3 is 0 Å². The predicted molar refractivity (Wildman–Crippen MR) is 220 cm³/mol. The summed E-state index contributed by atoms with van der Waals surface area (Å²) in [6.07, 6.45) is 4.84. The van der Waals surface area contributed by atoms with E-state index in [1.807, 2.05) is 21.8 Å². The number of rotatable bonds is 9. The molecule has 4 aliphatic heterocycles. The van der Waals surface area contributed by atoms with Crippen LogP contribution in [-0.4, -0.2) is 110 Å². The van der Waals surface area contributed by atoms with E-state index in [0.717, 1.165) is 5.39 Å². The lowest BCUT2D eigenvalue weighted by Crippen LogP contribution is -2.61. The Bertz CT molecular complexity index is 2610. The van der Waals surface area contributed by atoms with Crippen molar-refractivity contribution in [1.29, 1.82) is 5.26 Å². The van der Waals surface area contributed by atoms with E-state index in [1.54, 1.807) is 54.0 Å². The van der Waals surface area contributed by atoms with Crippen molar-refractivity contribution in [3.8, 4) is 6.07 Å². The Hall–Kier alpha value is -5.90. The molecule has 3 amide bonds. The van der Waals surface area contributed by atoms with E-state index in [-0.39, 0.29) is 42.6 Å². The molecule has 7 heterocycles. The Morgan fingerprint density at radius 1 is 1.03 bits per heavy atom. The summed E-state index contributed by atoms with van der Waals surface area (Å²) in [5, 5.41) is 35.2. The first kappa shape index (κ1) is 41.5. The topological polar surface area (TPSA) is 164 Å². The van der Waals surface area contributed by atoms with Gasteiger partial charge in [-0.3, -0.25) is 34.2 Å². The highest BCUT2D eigenvalue weighted by molar-refractivity contribution is 6.05. The van der Waals surface area contributed by atoms with E-state index in [4.69, 9.17) is 5.10 Å². The molecule has 4 fully saturated rings. The summed E-state index contributed by atoms with van der Waals surface area (Å²) in [6.45, 7) is 5.69. The first-order valence-corrected chi connectivity index (χ1v) is 20.9. The number of piperidine rings is 3. The van der Waals surface area contributed by atoms with Crippen molar-refractivity contribution in [2.24, 2.45) is 5.92 Å². The number of anilines is 2. The number of hydrogen-bond acceptors (Lipinski definition) is 10. The fourth-order valence-electron chi connectivity index (χ4n) is 9.69. The average molecular weight is 855 g/mol. The molecule has 0 saturated carbocycles. The second kappa shape index (κ2) is 15.8. The number of aromatic nitrogens is 4. The van der Waals surface area contributed by atoms with E-state index in [1.165, 1.54) is 22.8 Å². The third kappa shape index (κ3) is 7.88. The number of carbonyl (C=O) groups is 3. The lowest BCUT2D eigenvalue weighted by Gasteiger charge is -2.48. The molecule has 3 N–H and O–H groups in total. The molecule has 5 aromatic rings. The van der Waals surface area contributed by atoms with Crippen LogP contribution in [0.5, 0.6) is 0 Å². The van der Waals surface area contributed by atoms with Crippen LogP contribution in [0.1, 0.15) is 85.1 Å². The third-order valence-corrected chi connectivity index (χ3v) is 12.9. The number of aliphatic hydroxyl groups is 1. The lowest BCUT2D eigenvalue weighted by molar-refractivity contribution is -0.134. The van der Waals surface area contributed by atoms with Crippen molar-refractivity contribution in [3.63, 3.8) is 0 Å². The predicted octanol–water partition coefficient (Wildman–Crippen LogP) is 5.32. The fourth-order valence-corrected chi connectivity index (χ4v) is 9.69. The zero-order chi connectivity index (χ0) is 43.7. The Kier molecular flexibility index (Phi) is 10.5. The first-order chi connectivity index (χ1) is 29.5. The SMILES string of the molecule is CC(C)(O)c1cc2nn(C3CCN([C@H]4CCN(CC5CN(c6cc(F)c([C@H]7CCC(=O)NC7=O)c(F)c6)C5)CC4(F)F)CC3)cc2cc1NC(=O)c1ccc2cc(C#N)cnn12. The van der Waals surface area contributed by atoms with Crippen LogP contribution in [0.4, 0.5) is 28.9 Å². The second-order valence-corrected chi connectivity index (χ2v) is 17.7. The van der Waals surface area contributed by atoms with Crippen molar-refractivity contribution in [3.05, 3.63) is 88.9 Å². The van der Waals surface area contributed by atoms with Crippen LogP contribution in [0.3, 0.4) is 0 Å². The minimum absolute atomic E-state index is 0.00476. The minimum Gasteiger partial charge on any atom is -0.386 e. The van der Waals surface area contributed by atoms with Crippen LogP contribution in [0, 0.1) is 28.9 Å². The molecule has 4 aliphatic rings. The van der Waals surface area contributed by atoms with Crippen molar-refractivity contribution >= 4 is 45.5 Å². The standard InChI is InChI=1S/C44H46F4N10O4/c1-43(2,62)32-17-35-27(14-36(32)51-42(61)37-5-3-29-13-25(18-49)19-50-58(29)37)23-57(53-35)28-7-11-55(12-8-28)38-9-10-54(24-44(38,47)48)20-26-21-56(22-26)30-15-33(45)40(34(46)16-30)31-4-6-39(59)52-41(31)60/h3,5,13-17,19,23,26,28,31,38,62H,4,6-12,20-22,24H2,1-2H3,(H,51,61)(H,52,59,60)/t31-,38+/m1/s1. The summed E-state index contributed by atoms with van der Waals surface area (Å²) in [4.78, 5) is 42.7. The largest absolute Gasteiger partial charge is 0.386 e. The molecule has 0 unspecified atom stereocenters. The summed E-state index contributed by atoms with van der Waals surface area (Å²) in [5.41, 5.74) is 1.34. The van der Waals surface area contributed by atoms with Crippen LogP contribution < -0.4 is 15.5 Å². The number of likely N-dealkylation sites (tertiary alicyclic amines) is 2. The van der Waals surface area contributed by atoms with E-state index >= 15 is 17.6 Å². The monoisotopic (exact) mass is 854 g/mol. The molecule has 4 saturated heterocycles. The van der Waals surface area contributed by atoms with Gasteiger partial charge < -0.3 is 15.3 Å². The number of hydrogen-bond donors (Lipinski definition) is 3. The van der Waals surface area contributed by atoms with Crippen molar-refractivity contribution in [1.82, 2.24) is 34.5 Å². The highest BCUT2D eigenvalue weighted by Gasteiger charge is 2.49. The average Bonchev–Trinajstić information content (AvgIpc) is 3.83. The number of halogens is 4. The summed E-state index contributed by atoms with van der Waals surface area (Å²) in [7, 11) is 0. The fraction of sp³-hybridized carbons (Fsp3) is 0.455. The number of carbonyl (C=O) groups excluding carboxylic acids is 3. The zero-order valence-corrected chi connectivity index (χ0v) is 34.3. The van der Waals surface area contributed by atoms with Crippen molar-refractivity contribution in [2.75, 3.05) is 56.0 Å². The summed E-state index contributed by atoms with van der Waals surface area (Å²) < 4.78 is 65.2. The van der Waals surface area contributed by atoms with Gasteiger partial charge in [0.25, 0.3) is 11.8 Å². The number of nitrogens with zero attached hydrogens (tertiary/aromatic N) is 8. The molecule has 14 nitrogen and oxygen atoms in total. The molecule has 3 aromatic heterocycles. The van der Waals surface area contributed by atoms with Gasteiger partial charge in [0.15, 0.2) is 0 Å². The Morgan fingerprint density at radius 3 is 2.45 bits per heavy atom. The molecule has 0 radical (unpaired) electrons. The van der Waals surface area contributed by atoms with E-state index in [2.05, 4.69) is 15.7 Å². The molecular weight excluding hydrogens is 809 g/mol. The van der Waals surface area contributed by atoms with E-state index in [9.17, 15) is 24.8 Å². The first-order valence-electron chi connectivity index (χ1n) is 20.9. The Labute approximate surface area is 354 Å². The van der Waals surface area contributed by atoms with Crippen LogP contribution in [-0.2, 0) is 15.2 Å². The molecule has 324 valence electrons. The van der Waals surface area contributed by atoms with Gasteiger partial charge in [0.05, 0.1) is 52.9 Å². The Morgan fingerprint density at radius 2 is 1.77 bits per heavy atom. The minimum atomic E-state index is -2.94. The molecule has 2 aromatic carbocycles. The Balaban J connectivity index is 0.794. The van der Waals surface area contributed by atoms with Gasteiger partial charge in [-0.2, -0.15) is 15.5 Å². The number of imide groups is 1. The molecule has 0 aliphatic carbocycles. The maximum absolute atomic E-state index is 15.9. The van der Waals surface area contributed by atoms with Gasteiger partial charge in [-0.05, 0) is 82.0 Å². The van der Waals surface area contributed by atoms with Gasteiger partial charge in [0.2, 0.25) is 11.8 Å². The molecule has 62 heavy (non-hydrogen) atoms. The highest BCUT2D eigenvalue weighted by Crippen LogP contribution is 2.39. The summed E-state index contributed by atoms with van der Waals surface area (Å²) in [6, 6.07) is 12.0. The molecule has 0 bridgehead atoms. The van der Waals surface area contributed by atoms with Crippen LogP contribution in [0.15, 0.2) is 54.9 Å². The lowest BCUT2D eigenvalue weighted by atomic mass is 9.89. The molecule has 9 rings (SSSR count). The number of benzene rings is 2. The number of nitriles is 1. The highest BCUT2D eigenvalue weighted by atomic mass is 19.3. The van der Waals surface area contributed by atoms with Gasteiger partial charge in [-0.25, -0.2) is 22.1 Å². The molecule has 2 atom stereocenters. The van der Waals surface area contributed by atoms with Crippen molar-refractivity contribution < 1.29 is 37.1 Å². The van der Waals surface area contributed by atoms with Gasteiger partial charge in [-0.1, -0.05) is 0 Å². The van der Waals surface area contributed by atoms with Crippen LogP contribution >= 0.6 is 0 Å². The van der Waals surface area contributed by atoms with E-state index < -0.39 is 52.8 Å². The maximum atomic E-state index is 15.9. The normalized spacial score (nSPS) is 21.9. The number of nitrogens with one attached hydrogen (secondary N) is 2. The number of amides is 3. The quantitative estimate of drug-likeness (QED) is 0.131. The van der Waals surface area contributed by atoms with Crippen LogP contribution in [0.2, 0.25) is 0 Å². The molecular formula is C44H46F4N10O4.